The highest BCUT2D eigenvalue weighted by Crippen LogP contribution is 2.28. The molecule has 4 rings (SSSR count). The van der Waals surface area contributed by atoms with Gasteiger partial charge in [0, 0.05) is 18.8 Å². The van der Waals surface area contributed by atoms with E-state index in [1.165, 1.54) is 0 Å². The molecule has 1 aliphatic rings. The topological polar surface area (TPSA) is 68.6 Å². The molecule has 7 heteroatoms. The van der Waals surface area contributed by atoms with Gasteiger partial charge in [0.2, 0.25) is 5.91 Å². The van der Waals surface area contributed by atoms with Gasteiger partial charge in [-0.3, -0.25) is 9.69 Å². The number of nitrogens with zero attached hydrogens (tertiary/aromatic N) is 3. The van der Waals surface area contributed by atoms with Crippen LogP contribution < -0.4 is 14.8 Å². The average molecular weight is 505 g/mol. The summed E-state index contributed by atoms with van der Waals surface area (Å²) in [6.07, 6.45) is 3.30. The molecule has 0 atom stereocenters. The van der Waals surface area contributed by atoms with E-state index in [1.807, 2.05) is 66.2 Å². The van der Waals surface area contributed by atoms with Gasteiger partial charge in [-0.1, -0.05) is 44.2 Å². The molecule has 1 aromatic heterocycles. The predicted molar refractivity (Wildman–Crippen MR) is 146 cm³/mol. The Balaban J connectivity index is 1.22. The molecular weight excluding hydrogens is 464 g/mol. The number of piperidine rings is 1. The highest BCUT2D eigenvalue weighted by Gasteiger charge is 2.21. The molecule has 1 amide bonds. The Labute approximate surface area is 220 Å². The summed E-state index contributed by atoms with van der Waals surface area (Å²) < 4.78 is 13.7. The number of benzene rings is 2. The summed E-state index contributed by atoms with van der Waals surface area (Å²) in [6.45, 7) is 10.1. The molecule has 0 bridgehead atoms. The fourth-order valence-corrected chi connectivity index (χ4v) is 4.71. The summed E-state index contributed by atoms with van der Waals surface area (Å²) in [5.41, 5.74) is 2.97. The van der Waals surface area contributed by atoms with E-state index in [9.17, 15) is 4.79 Å². The Bertz CT molecular complexity index is 1120. The fourth-order valence-electron chi connectivity index (χ4n) is 4.71. The molecule has 1 saturated heterocycles. The molecule has 0 aliphatic carbocycles. The molecule has 2 aromatic carbocycles. The summed E-state index contributed by atoms with van der Waals surface area (Å²) in [7, 11) is 0. The van der Waals surface area contributed by atoms with Crippen molar-refractivity contribution < 1.29 is 14.3 Å². The van der Waals surface area contributed by atoms with Crippen LogP contribution in [-0.4, -0.2) is 53.6 Å². The van der Waals surface area contributed by atoms with Crippen molar-refractivity contribution >= 4 is 5.91 Å². The number of nitrogens with one attached hydrogen (secondary N) is 1. The van der Waals surface area contributed by atoms with Crippen LogP contribution in [-0.2, 0) is 17.6 Å². The molecule has 1 fully saturated rings. The van der Waals surface area contributed by atoms with Crippen LogP contribution in [0.2, 0.25) is 0 Å². The Morgan fingerprint density at radius 1 is 1.03 bits per heavy atom. The van der Waals surface area contributed by atoms with Gasteiger partial charge in [-0.05, 0) is 68.4 Å². The van der Waals surface area contributed by atoms with E-state index in [0.717, 1.165) is 60.9 Å². The van der Waals surface area contributed by atoms with Crippen LogP contribution in [0, 0.1) is 11.8 Å². The first kappa shape index (κ1) is 26.7. The van der Waals surface area contributed by atoms with E-state index < -0.39 is 0 Å². The molecule has 3 aromatic rings. The summed E-state index contributed by atoms with van der Waals surface area (Å²) in [4.78, 5) is 15.0. The van der Waals surface area contributed by atoms with Gasteiger partial charge in [-0.2, -0.15) is 5.10 Å². The zero-order chi connectivity index (χ0) is 26.0. The van der Waals surface area contributed by atoms with Gasteiger partial charge >= 0.3 is 0 Å². The standard InChI is InChI=1S/C30H40N4O3/c1-4-36-28-12-8-9-13-29(28)37-21-24-14-16-33(17-15-24)22-31-30(35)20-25-19-27(18-23(2)3)34(32-25)26-10-6-5-7-11-26/h5-13,19,23-24H,4,14-18,20-22H2,1-3H3,(H,31,35). The van der Waals surface area contributed by atoms with Gasteiger partial charge in [-0.15, -0.1) is 0 Å². The second-order valence-corrected chi connectivity index (χ2v) is 10.2. The van der Waals surface area contributed by atoms with Gasteiger partial charge in [0.1, 0.15) is 0 Å². The van der Waals surface area contributed by atoms with E-state index in [-0.39, 0.29) is 12.3 Å². The normalized spacial score (nSPS) is 14.6. The summed E-state index contributed by atoms with van der Waals surface area (Å²) in [6, 6.07) is 20.0. The van der Waals surface area contributed by atoms with Gasteiger partial charge in [0.25, 0.3) is 0 Å². The summed E-state index contributed by atoms with van der Waals surface area (Å²) >= 11 is 0. The largest absolute Gasteiger partial charge is 0.490 e. The lowest BCUT2D eigenvalue weighted by atomic mass is 9.98. The van der Waals surface area contributed by atoms with E-state index >= 15 is 0 Å². The van der Waals surface area contributed by atoms with Crippen LogP contribution in [0.3, 0.4) is 0 Å². The smallest absolute Gasteiger partial charge is 0.227 e. The van der Waals surface area contributed by atoms with Crippen molar-refractivity contribution in [3.05, 3.63) is 72.1 Å². The maximum Gasteiger partial charge on any atom is 0.227 e. The maximum absolute atomic E-state index is 12.7. The molecule has 0 saturated carbocycles. The summed E-state index contributed by atoms with van der Waals surface area (Å²) in [5, 5.41) is 7.86. The van der Waals surface area contributed by atoms with E-state index in [0.29, 0.717) is 31.7 Å². The van der Waals surface area contributed by atoms with E-state index in [2.05, 4.69) is 30.1 Å². The predicted octanol–water partition coefficient (Wildman–Crippen LogP) is 4.88. The van der Waals surface area contributed by atoms with Crippen molar-refractivity contribution in [2.75, 3.05) is 33.0 Å². The molecule has 0 radical (unpaired) electrons. The van der Waals surface area contributed by atoms with Gasteiger partial charge in [-0.25, -0.2) is 4.68 Å². The Hall–Kier alpha value is -3.32. The molecule has 0 unspecified atom stereocenters. The molecule has 2 heterocycles. The lowest BCUT2D eigenvalue weighted by Crippen LogP contribution is -2.43. The first-order valence-corrected chi connectivity index (χ1v) is 13.5. The van der Waals surface area contributed by atoms with Crippen LogP contribution in [0.15, 0.2) is 60.7 Å². The van der Waals surface area contributed by atoms with Crippen molar-refractivity contribution in [3.8, 4) is 17.2 Å². The monoisotopic (exact) mass is 504 g/mol. The van der Waals surface area contributed by atoms with E-state index in [1.54, 1.807) is 0 Å². The van der Waals surface area contributed by atoms with Crippen LogP contribution in [0.25, 0.3) is 5.69 Å². The van der Waals surface area contributed by atoms with Crippen LogP contribution in [0.5, 0.6) is 11.5 Å². The first-order valence-electron chi connectivity index (χ1n) is 13.5. The van der Waals surface area contributed by atoms with Gasteiger partial charge in [0.05, 0.1) is 37.7 Å². The lowest BCUT2D eigenvalue weighted by molar-refractivity contribution is -0.121. The van der Waals surface area contributed by atoms with E-state index in [4.69, 9.17) is 14.6 Å². The zero-order valence-corrected chi connectivity index (χ0v) is 22.4. The Kier molecular flexibility index (Phi) is 9.60. The molecular formula is C30H40N4O3. The number of ether oxygens (including phenoxy) is 2. The average Bonchev–Trinajstić information content (AvgIpc) is 3.29. The molecule has 0 spiro atoms. The third kappa shape index (κ3) is 7.83. The highest BCUT2D eigenvalue weighted by molar-refractivity contribution is 5.78. The van der Waals surface area contributed by atoms with Crippen molar-refractivity contribution in [3.63, 3.8) is 0 Å². The number of aromatic nitrogens is 2. The number of hydrogen-bond donors (Lipinski definition) is 1. The highest BCUT2D eigenvalue weighted by atomic mass is 16.5. The van der Waals surface area contributed by atoms with Gasteiger partial charge in [0.15, 0.2) is 11.5 Å². The maximum atomic E-state index is 12.7. The third-order valence-electron chi connectivity index (χ3n) is 6.62. The number of rotatable bonds is 12. The first-order chi connectivity index (χ1) is 18.0. The minimum absolute atomic E-state index is 0.00629. The minimum Gasteiger partial charge on any atom is -0.490 e. The van der Waals surface area contributed by atoms with Crippen molar-refractivity contribution in [1.82, 2.24) is 20.0 Å². The zero-order valence-electron chi connectivity index (χ0n) is 22.4. The number of hydrogen-bond acceptors (Lipinski definition) is 5. The van der Waals surface area contributed by atoms with Crippen LogP contribution >= 0.6 is 0 Å². The number of carbonyl (C=O) groups excluding carboxylic acids is 1. The molecule has 1 N–H and O–H groups in total. The third-order valence-corrected chi connectivity index (χ3v) is 6.62. The number of carbonyl (C=O) groups is 1. The molecule has 7 nitrogen and oxygen atoms in total. The minimum atomic E-state index is 0.00629. The molecule has 1 aliphatic heterocycles. The molecule has 37 heavy (non-hydrogen) atoms. The number of para-hydroxylation sites is 3. The van der Waals surface area contributed by atoms with Crippen molar-refractivity contribution in [1.29, 1.82) is 0 Å². The second-order valence-electron chi connectivity index (χ2n) is 10.2. The SMILES string of the molecule is CCOc1ccccc1OCC1CCN(CNC(=O)Cc2cc(CC(C)C)n(-c3ccccc3)n2)CC1. The number of likely N-dealkylation sites (tertiary alicyclic amines) is 1. The van der Waals surface area contributed by atoms with Gasteiger partial charge < -0.3 is 14.8 Å². The lowest BCUT2D eigenvalue weighted by Gasteiger charge is -2.31. The molecule has 198 valence electrons. The fraction of sp³-hybridized carbons (Fsp3) is 0.467. The summed E-state index contributed by atoms with van der Waals surface area (Å²) in [5.74, 6) is 2.63. The Morgan fingerprint density at radius 3 is 2.38 bits per heavy atom. The van der Waals surface area contributed by atoms with Crippen LogP contribution in [0.1, 0.15) is 45.0 Å². The van der Waals surface area contributed by atoms with Crippen molar-refractivity contribution in [2.45, 2.75) is 46.5 Å². The van der Waals surface area contributed by atoms with Crippen molar-refractivity contribution in [2.24, 2.45) is 11.8 Å². The quantitative estimate of drug-likeness (QED) is 0.381. The second kappa shape index (κ2) is 13.3. The number of amides is 1. The van der Waals surface area contributed by atoms with Crippen LogP contribution in [0.4, 0.5) is 0 Å². The Morgan fingerprint density at radius 2 is 1.70 bits per heavy atom.